The minimum absolute atomic E-state index is 0.958. The normalized spacial score (nSPS) is 10.8. The lowest BCUT2D eigenvalue weighted by Crippen LogP contribution is -1.99. The number of nitrogens with one attached hydrogen (secondary N) is 1. The first-order valence-corrected chi connectivity index (χ1v) is 4.39. The van der Waals surface area contributed by atoms with Gasteiger partial charge in [0.2, 0.25) is 0 Å². The summed E-state index contributed by atoms with van der Waals surface area (Å²) in [5.41, 5.74) is 3.05. The van der Waals surface area contributed by atoms with Crippen LogP contribution in [-0.2, 0) is 0 Å². The van der Waals surface area contributed by atoms with Gasteiger partial charge in [-0.05, 0) is 42.5 Å². The van der Waals surface area contributed by atoms with Crippen LogP contribution in [0.4, 0.5) is 0 Å². The van der Waals surface area contributed by atoms with Gasteiger partial charge in [0.05, 0.1) is 0 Å². The number of nitrogens with zero attached hydrogens (tertiary/aromatic N) is 1. The third kappa shape index (κ3) is 2.90. The molecule has 0 saturated heterocycles. The van der Waals surface area contributed by atoms with Crippen LogP contribution in [-0.4, -0.2) is 4.98 Å². The zero-order valence-electron chi connectivity index (χ0n) is 8.33. The van der Waals surface area contributed by atoms with Gasteiger partial charge in [0.25, 0.3) is 0 Å². The summed E-state index contributed by atoms with van der Waals surface area (Å²) in [6.45, 7) is 9.52. The van der Waals surface area contributed by atoms with Crippen molar-refractivity contribution < 1.29 is 0 Å². The van der Waals surface area contributed by atoms with Crippen molar-refractivity contribution in [1.29, 1.82) is 0 Å². The Labute approximate surface area is 84.7 Å². The summed E-state index contributed by atoms with van der Waals surface area (Å²) in [5.74, 6) is 0. The Morgan fingerprint density at radius 2 is 2.07 bits per heavy atom. The molecule has 0 amide bonds. The number of hydrogen-bond acceptors (Lipinski definition) is 2. The van der Waals surface area contributed by atoms with Crippen molar-refractivity contribution in [2.24, 2.45) is 0 Å². The Bertz CT molecular complexity index is 350. The first kappa shape index (κ1) is 10.3. The number of hydrogen-bond donors (Lipinski definition) is 1. The maximum absolute atomic E-state index is 3.97. The smallest absolute Gasteiger partial charge is 0.0273 e. The van der Waals surface area contributed by atoms with E-state index >= 15 is 0 Å². The van der Waals surface area contributed by atoms with Gasteiger partial charge in [-0.3, -0.25) is 4.98 Å². The highest BCUT2D eigenvalue weighted by Gasteiger charge is 1.94. The predicted octanol–water partition coefficient (Wildman–Crippen LogP) is 2.73. The van der Waals surface area contributed by atoms with Crippen LogP contribution in [0.3, 0.4) is 0 Å². The molecule has 14 heavy (non-hydrogen) atoms. The van der Waals surface area contributed by atoms with E-state index in [1.807, 2.05) is 25.1 Å². The maximum atomic E-state index is 3.97. The molecule has 2 heteroatoms. The number of pyridine rings is 1. The van der Waals surface area contributed by atoms with Gasteiger partial charge in [0.15, 0.2) is 0 Å². The quantitative estimate of drug-likeness (QED) is 0.731. The molecule has 0 aromatic carbocycles. The highest BCUT2D eigenvalue weighted by Crippen LogP contribution is 2.13. The second kappa shape index (κ2) is 5.02. The zero-order valence-corrected chi connectivity index (χ0v) is 8.33. The molecule has 0 aliphatic carbocycles. The third-order valence-electron chi connectivity index (χ3n) is 1.77. The van der Waals surface area contributed by atoms with Gasteiger partial charge in [-0.25, -0.2) is 0 Å². The summed E-state index contributed by atoms with van der Waals surface area (Å²) in [6.07, 6.45) is 7.12. The molecule has 0 bridgehead atoms. The lowest BCUT2D eigenvalue weighted by atomic mass is 10.1. The van der Waals surface area contributed by atoms with Gasteiger partial charge in [0.1, 0.15) is 0 Å². The first-order valence-electron chi connectivity index (χ1n) is 4.39. The van der Waals surface area contributed by atoms with Crippen LogP contribution >= 0.6 is 0 Å². The lowest BCUT2D eigenvalue weighted by Gasteiger charge is -2.03. The summed E-state index contributed by atoms with van der Waals surface area (Å²) in [7, 11) is 0. The summed E-state index contributed by atoms with van der Waals surface area (Å²) in [4.78, 5) is 3.95. The van der Waals surface area contributed by atoms with E-state index in [1.165, 1.54) is 0 Å². The maximum Gasteiger partial charge on any atom is 0.0273 e. The molecule has 0 atom stereocenters. The molecule has 1 N–H and O–H groups in total. The molecule has 0 fully saturated rings. The molecule has 1 aromatic rings. The Balaban J connectivity index is 2.77. The van der Waals surface area contributed by atoms with Gasteiger partial charge in [0, 0.05) is 18.1 Å². The second-order valence-corrected chi connectivity index (χ2v) is 2.94. The lowest BCUT2D eigenvalue weighted by molar-refractivity contribution is 1.07. The van der Waals surface area contributed by atoms with Crippen molar-refractivity contribution in [3.8, 4) is 0 Å². The monoisotopic (exact) mass is 186 g/mol. The summed E-state index contributed by atoms with van der Waals surface area (Å²) >= 11 is 0. The van der Waals surface area contributed by atoms with Gasteiger partial charge >= 0.3 is 0 Å². The Kier molecular flexibility index (Phi) is 3.68. The first-order chi connectivity index (χ1) is 6.74. The van der Waals surface area contributed by atoms with Crippen molar-refractivity contribution in [1.82, 2.24) is 10.3 Å². The van der Waals surface area contributed by atoms with E-state index in [2.05, 4.69) is 23.5 Å². The molecule has 1 aromatic heterocycles. The summed E-state index contributed by atoms with van der Waals surface area (Å²) in [5, 5.41) is 2.99. The molecule has 0 radical (unpaired) electrons. The Morgan fingerprint density at radius 3 is 2.64 bits per heavy atom. The van der Waals surface area contributed by atoms with Crippen molar-refractivity contribution in [2.75, 3.05) is 0 Å². The Hall–Kier alpha value is -1.83. The van der Waals surface area contributed by atoms with E-state index in [0.29, 0.717) is 0 Å². The molecule has 0 spiro atoms. The van der Waals surface area contributed by atoms with Crippen LogP contribution in [0.5, 0.6) is 0 Å². The molecule has 1 rings (SSSR count). The molecule has 0 aliphatic rings. The van der Waals surface area contributed by atoms with Gasteiger partial charge < -0.3 is 5.32 Å². The fraction of sp³-hybridized carbons (Fsp3) is 0.0833. The van der Waals surface area contributed by atoms with Crippen molar-refractivity contribution >= 4 is 5.57 Å². The minimum Gasteiger partial charge on any atom is -0.366 e. The molecular formula is C12H14N2. The molecule has 0 aliphatic heterocycles. The van der Waals surface area contributed by atoms with Gasteiger partial charge in [-0.2, -0.15) is 0 Å². The van der Waals surface area contributed by atoms with Gasteiger partial charge in [-0.15, -0.1) is 0 Å². The van der Waals surface area contributed by atoms with E-state index < -0.39 is 0 Å². The number of aromatic nitrogens is 1. The van der Waals surface area contributed by atoms with E-state index in [-0.39, 0.29) is 0 Å². The fourth-order valence-corrected chi connectivity index (χ4v) is 1.11. The molecule has 0 saturated carbocycles. The summed E-state index contributed by atoms with van der Waals surface area (Å²) < 4.78 is 0. The topological polar surface area (TPSA) is 24.9 Å². The van der Waals surface area contributed by atoms with Crippen LogP contribution in [0.2, 0.25) is 0 Å². The predicted molar refractivity (Wildman–Crippen MR) is 60.4 cm³/mol. The molecule has 72 valence electrons. The van der Waals surface area contributed by atoms with E-state index in [4.69, 9.17) is 0 Å². The molecule has 2 nitrogen and oxygen atoms in total. The number of rotatable bonds is 4. The van der Waals surface area contributed by atoms with Gasteiger partial charge in [-0.1, -0.05) is 13.2 Å². The summed E-state index contributed by atoms with van der Waals surface area (Å²) in [6, 6.07) is 3.86. The molecular weight excluding hydrogens is 172 g/mol. The average Bonchev–Trinajstić information content (AvgIpc) is 2.19. The van der Waals surface area contributed by atoms with E-state index in [9.17, 15) is 0 Å². The van der Waals surface area contributed by atoms with Crippen molar-refractivity contribution in [3.05, 3.63) is 61.2 Å². The zero-order chi connectivity index (χ0) is 10.4. The van der Waals surface area contributed by atoms with E-state index in [0.717, 1.165) is 16.8 Å². The van der Waals surface area contributed by atoms with Crippen LogP contribution in [0.15, 0.2) is 55.7 Å². The van der Waals surface area contributed by atoms with Crippen LogP contribution in [0.25, 0.3) is 5.57 Å². The second-order valence-electron chi connectivity index (χ2n) is 2.94. The number of allylic oxidation sites excluding steroid dienone is 3. The highest BCUT2D eigenvalue weighted by atomic mass is 14.8. The highest BCUT2D eigenvalue weighted by molar-refractivity contribution is 5.72. The molecule has 0 unspecified atom stereocenters. The minimum atomic E-state index is 0.958. The third-order valence-corrected chi connectivity index (χ3v) is 1.77. The fourth-order valence-electron chi connectivity index (χ4n) is 1.11. The average molecular weight is 186 g/mol. The van der Waals surface area contributed by atoms with Crippen LogP contribution in [0.1, 0.15) is 12.5 Å². The Morgan fingerprint density at radius 1 is 1.43 bits per heavy atom. The SMILES string of the molecule is C=CN/C(C)=C/C(=C)c1ccncc1. The van der Waals surface area contributed by atoms with E-state index in [1.54, 1.807) is 18.6 Å². The van der Waals surface area contributed by atoms with Crippen molar-refractivity contribution in [2.45, 2.75) is 6.92 Å². The van der Waals surface area contributed by atoms with Crippen molar-refractivity contribution in [3.63, 3.8) is 0 Å². The standard InChI is InChI=1S/C12H14N2/c1-4-14-11(3)9-10(2)12-5-7-13-8-6-12/h4-9,14H,1-2H2,3H3/b11-9+. The largest absolute Gasteiger partial charge is 0.366 e. The molecule has 1 heterocycles. The van der Waals surface area contributed by atoms with Crippen LogP contribution < -0.4 is 5.32 Å². The van der Waals surface area contributed by atoms with Crippen LogP contribution in [0, 0.1) is 0 Å².